The molecule has 0 saturated heterocycles. The zero-order valence-electron chi connectivity index (χ0n) is 9.10. The summed E-state index contributed by atoms with van der Waals surface area (Å²) in [7, 11) is 0. The van der Waals surface area contributed by atoms with Gasteiger partial charge in [-0.25, -0.2) is 13.3 Å². The van der Waals surface area contributed by atoms with Crippen LogP contribution in [0.1, 0.15) is 34.6 Å². The zero-order chi connectivity index (χ0) is 11.5. The van der Waals surface area contributed by atoms with Gasteiger partial charge in [0.1, 0.15) is 5.60 Å². The molecule has 0 heterocycles. The third kappa shape index (κ3) is 4.57. The molecule has 0 rings (SSSR count). The molecular weight excluding hydrogens is 206 g/mol. The first kappa shape index (κ1) is 13.4. The van der Waals surface area contributed by atoms with E-state index in [9.17, 15) is 9.00 Å². The van der Waals surface area contributed by atoms with E-state index in [4.69, 9.17) is 9.29 Å². The van der Waals surface area contributed by atoms with Crippen LogP contribution >= 0.6 is 0 Å². The van der Waals surface area contributed by atoms with Gasteiger partial charge in [0.2, 0.25) is 0 Å². The fraction of sp³-hybridized carbons (Fsp3) is 0.875. The Labute approximate surface area is 86.8 Å². The molecule has 5 nitrogen and oxygen atoms in total. The fourth-order valence-electron chi connectivity index (χ4n) is 0.762. The first-order chi connectivity index (χ1) is 6.15. The van der Waals surface area contributed by atoms with Crippen LogP contribution in [0.3, 0.4) is 0 Å². The van der Waals surface area contributed by atoms with Crippen LogP contribution < -0.4 is 0 Å². The van der Waals surface area contributed by atoms with Gasteiger partial charge in [0.25, 0.3) is 11.3 Å². The molecule has 0 aliphatic heterocycles. The lowest BCUT2D eigenvalue weighted by molar-refractivity contribution is 0.0355. The summed E-state index contributed by atoms with van der Waals surface area (Å²) in [4.78, 5) is 11.4. The summed E-state index contributed by atoms with van der Waals surface area (Å²) in [5.41, 5.74) is -0.663. The molecule has 1 unspecified atom stereocenters. The van der Waals surface area contributed by atoms with Crippen LogP contribution in [0, 0.1) is 0 Å². The SMILES string of the molecule is CC(C)N(C(=O)OC(C)(C)C)S(=O)O. The minimum atomic E-state index is -2.34. The second-order valence-electron chi connectivity index (χ2n) is 4.13. The number of carbonyl (C=O) groups excluding carboxylic acids is 1. The summed E-state index contributed by atoms with van der Waals surface area (Å²) in [6.07, 6.45) is -0.784. The van der Waals surface area contributed by atoms with Crippen molar-refractivity contribution >= 4 is 17.4 Å². The molecule has 0 aromatic heterocycles. The lowest BCUT2D eigenvalue weighted by Crippen LogP contribution is -2.41. The summed E-state index contributed by atoms with van der Waals surface area (Å²) in [5, 5.41) is 0. The Morgan fingerprint density at radius 2 is 1.86 bits per heavy atom. The highest BCUT2D eigenvalue weighted by Crippen LogP contribution is 2.12. The van der Waals surface area contributed by atoms with Gasteiger partial charge in [0.05, 0.1) is 0 Å². The van der Waals surface area contributed by atoms with Crippen LogP contribution in [0.15, 0.2) is 0 Å². The Morgan fingerprint density at radius 3 is 2.07 bits per heavy atom. The van der Waals surface area contributed by atoms with Gasteiger partial charge in [0.15, 0.2) is 0 Å². The number of rotatable bonds is 2. The van der Waals surface area contributed by atoms with Crippen molar-refractivity contribution in [3.8, 4) is 0 Å². The first-order valence-electron chi connectivity index (χ1n) is 4.28. The molecule has 0 radical (unpaired) electrons. The van der Waals surface area contributed by atoms with Crippen LogP contribution in [-0.4, -0.2) is 30.8 Å². The Hall–Kier alpha value is -0.620. The van der Waals surface area contributed by atoms with Crippen LogP contribution in [-0.2, 0) is 16.0 Å². The van der Waals surface area contributed by atoms with E-state index in [1.807, 2.05) is 0 Å². The number of hydrogen-bond donors (Lipinski definition) is 1. The maximum Gasteiger partial charge on any atom is 0.424 e. The molecule has 0 bridgehead atoms. The van der Waals surface area contributed by atoms with E-state index in [1.54, 1.807) is 34.6 Å². The second-order valence-corrected chi connectivity index (χ2v) is 4.99. The Balaban J connectivity index is 4.55. The fourth-order valence-corrected chi connectivity index (χ4v) is 1.29. The maximum atomic E-state index is 11.4. The standard InChI is InChI=1S/C8H17NO4S/c1-6(2)9(14(11)12)7(10)13-8(3,4)5/h6H,1-5H3,(H,11,12). The molecular formula is C8H17NO4S. The number of nitrogens with zero attached hydrogens (tertiary/aromatic N) is 1. The molecule has 0 aromatic carbocycles. The molecule has 84 valence electrons. The summed E-state index contributed by atoms with van der Waals surface area (Å²) >= 11 is -2.34. The molecule has 14 heavy (non-hydrogen) atoms. The Bertz CT molecular complexity index is 234. The Morgan fingerprint density at radius 1 is 1.43 bits per heavy atom. The van der Waals surface area contributed by atoms with E-state index < -0.39 is 23.0 Å². The van der Waals surface area contributed by atoms with Gasteiger partial charge in [-0.2, -0.15) is 0 Å². The van der Waals surface area contributed by atoms with Crippen molar-refractivity contribution < 1.29 is 18.3 Å². The van der Waals surface area contributed by atoms with Gasteiger partial charge in [-0.05, 0) is 34.6 Å². The van der Waals surface area contributed by atoms with Crippen molar-refractivity contribution in [3.05, 3.63) is 0 Å². The average molecular weight is 223 g/mol. The zero-order valence-corrected chi connectivity index (χ0v) is 9.92. The van der Waals surface area contributed by atoms with E-state index in [2.05, 4.69) is 0 Å². The number of hydrogen-bond acceptors (Lipinski definition) is 3. The molecule has 1 N–H and O–H groups in total. The molecule has 0 aliphatic carbocycles. The smallest absolute Gasteiger partial charge is 0.424 e. The van der Waals surface area contributed by atoms with Crippen LogP contribution in [0.2, 0.25) is 0 Å². The minimum Gasteiger partial charge on any atom is -0.443 e. The van der Waals surface area contributed by atoms with Crippen molar-refractivity contribution in [2.75, 3.05) is 0 Å². The first-order valence-corrected chi connectivity index (χ1v) is 5.34. The maximum absolute atomic E-state index is 11.4. The van der Waals surface area contributed by atoms with Crippen LogP contribution in [0.5, 0.6) is 0 Å². The van der Waals surface area contributed by atoms with E-state index in [0.29, 0.717) is 0 Å². The molecule has 0 aromatic rings. The van der Waals surface area contributed by atoms with Gasteiger partial charge in [-0.15, -0.1) is 0 Å². The molecule has 0 saturated carbocycles. The average Bonchev–Trinajstić information content (AvgIpc) is 1.78. The summed E-state index contributed by atoms with van der Waals surface area (Å²) in [6.45, 7) is 8.37. The molecule has 0 spiro atoms. The van der Waals surface area contributed by atoms with Crippen LogP contribution in [0.4, 0.5) is 4.79 Å². The topological polar surface area (TPSA) is 66.8 Å². The van der Waals surface area contributed by atoms with Crippen molar-refractivity contribution in [2.45, 2.75) is 46.3 Å². The lowest BCUT2D eigenvalue weighted by atomic mass is 10.2. The third-order valence-corrected chi connectivity index (χ3v) is 2.12. The number of amides is 1. The molecule has 1 atom stereocenters. The normalized spacial score (nSPS) is 13.9. The summed E-state index contributed by atoms with van der Waals surface area (Å²) in [5.74, 6) is 0. The Kier molecular flexibility index (Phi) is 4.54. The molecule has 6 heteroatoms. The van der Waals surface area contributed by atoms with E-state index in [-0.39, 0.29) is 6.04 Å². The number of carbonyl (C=O) groups is 1. The van der Waals surface area contributed by atoms with Crippen molar-refractivity contribution in [2.24, 2.45) is 0 Å². The highest BCUT2D eigenvalue weighted by atomic mass is 32.2. The molecule has 0 aliphatic rings. The van der Waals surface area contributed by atoms with Gasteiger partial charge < -0.3 is 4.74 Å². The van der Waals surface area contributed by atoms with E-state index in [0.717, 1.165) is 4.31 Å². The third-order valence-electron chi connectivity index (χ3n) is 1.21. The van der Waals surface area contributed by atoms with E-state index in [1.165, 1.54) is 0 Å². The highest BCUT2D eigenvalue weighted by molar-refractivity contribution is 7.77. The highest BCUT2D eigenvalue weighted by Gasteiger charge is 2.27. The largest absolute Gasteiger partial charge is 0.443 e. The lowest BCUT2D eigenvalue weighted by Gasteiger charge is -2.26. The predicted octanol–water partition coefficient (Wildman–Crippen LogP) is 1.77. The van der Waals surface area contributed by atoms with Crippen molar-refractivity contribution in [1.82, 2.24) is 4.31 Å². The monoisotopic (exact) mass is 223 g/mol. The van der Waals surface area contributed by atoms with Crippen molar-refractivity contribution in [3.63, 3.8) is 0 Å². The number of ether oxygens (including phenoxy) is 1. The molecule has 0 fully saturated rings. The van der Waals surface area contributed by atoms with Gasteiger partial charge >= 0.3 is 6.09 Å². The predicted molar refractivity (Wildman–Crippen MR) is 54.0 cm³/mol. The van der Waals surface area contributed by atoms with E-state index >= 15 is 0 Å². The van der Waals surface area contributed by atoms with Gasteiger partial charge in [-0.1, -0.05) is 0 Å². The van der Waals surface area contributed by atoms with Gasteiger partial charge in [-0.3, -0.25) is 4.55 Å². The second kappa shape index (κ2) is 4.75. The van der Waals surface area contributed by atoms with Crippen LogP contribution in [0.25, 0.3) is 0 Å². The van der Waals surface area contributed by atoms with Gasteiger partial charge in [0, 0.05) is 6.04 Å². The quantitative estimate of drug-likeness (QED) is 0.724. The molecule has 1 amide bonds. The minimum absolute atomic E-state index is 0.379. The summed E-state index contributed by atoms with van der Waals surface area (Å²) in [6, 6.07) is -0.379. The van der Waals surface area contributed by atoms with Crippen molar-refractivity contribution in [1.29, 1.82) is 0 Å². The summed E-state index contributed by atoms with van der Waals surface area (Å²) < 4.78 is 25.4.